The van der Waals surface area contributed by atoms with Crippen LogP contribution in [0.15, 0.2) is 12.1 Å². The van der Waals surface area contributed by atoms with Crippen LogP contribution in [-0.2, 0) is 15.9 Å². The molecule has 0 saturated carbocycles. The van der Waals surface area contributed by atoms with Gasteiger partial charge in [0.15, 0.2) is 0 Å². The fraction of sp³-hybridized carbons (Fsp3) is 0.667. The minimum atomic E-state index is -0.635. The lowest BCUT2D eigenvalue weighted by Crippen LogP contribution is -2.49. The van der Waals surface area contributed by atoms with E-state index in [9.17, 15) is 4.79 Å². The van der Waals surface area contributed by atoms with Crippen LogP contribution in [0, 0.1) is 20.8 Å². The normalized spacial score (nSPS) is 20.0. The van der Waals surface area contributed by atoms with Crippen LogP contribution in [0.4, 0.5) is 4.79 Å². The van der Waals surface area contributed by atoms with E-state index in [1.807, 2.05) is 34.6 Å². The molecule has 1 aromatic rings. The van der Waals surface area contributed by atoms with Crippen LogP contribution in [0.5, 0.6) is 0 Å². The minimum absolute atomic E-state index is 0.0324. The molecule has 4 heteroatoms. The maximum absolute atomic E-state index is 12.7. The summed E-state index contributed by atoms with van der Waals surface area (Å²) < 4.78 is 11.5. The predicted octanol–water partition coefficient (Wildman–Crippen LogP) is 4.92. The molecule has 25 heavy (non-hydrogen) atoms. The summed E-state index contributed by atoms with van der Waals surface area (Å²) in [7, 11) is 0. The van der Waals surface area contributed by atoms with Crippen LogP contribution >= 0.6 is 0 Å². The summed E-state index contributed by atoms with van der Waals surface area (Å²) in [5.74, 6) is 0. The summed E-state index contributed by atoms with van der Waals surface area (Å²) in [5, 5.41) is 0. The van der Waals surface area contributed by atoms with Crippen molar-refractivity contribution in [3.8, 4) is 0 Å². The van der Waals surface area contributed by atoms with E-state index in [-0.39, 0.29) is 12.1 Å². The Hall–Kier alpha value is -1.55. The molecule has 0 unspecified atom stereocenters. The highest BCUT2D eigenvalue weighted by atomic mass is 16.6. The van der Waals surface area contributed by atoms with Gasteiger partial charge in [0.05, 0.1) is 12.6 Å². The molecule has 0 radical (unpaired) electrons. The molecule has 1 aliphatic heterocycles. The van der Waals surface area contributed by atoms with Crippen molar-refractivity contribution in [1.82, 2.24) is 4.90 Å². The molecular weight excluding hydrogens is 314 g/mol. The Bertz CT molecular complexity index is 620. The Morgan fingerprint density at radius 3 is 2.32 bits per heavy atom. The topological polar surface area (TPSA) is 38.8 Å². The van der Waals surface area contributed by atoms with Crippen LogP contribution in [0.3, 0.4) is 0 Å². The van der Waals surface area contributed by atoms with E-state index in [4.69, 9.17) is 9.47 Å². The number of rotatable bonds is 3. The number of amides is 1. The van der Waals surface area contributed by atoms with Gasteiger partial charge in [-0.15, -0.1) is 0 Å². The molecule has 1 aliphatic rings. The molecular formula is C21H33NO3. The van der Waals surface area contributed by atoms with Crippen molar-refractivity contribution in [2.75, 3.05) is 6.61 Å². The molecule has 0 aliphatic carbocycles. The van der Waals surface area contributed by atoms with Crippen molar-refractivity contribution in [1.29, 1.82) is 0 Å². The molecule has 0 N–H and O–H groups in total. The Kier molecular flexibility index (Phi) is 5.53. The van der Waals surface area contributed by atoms with Crippen molar-refractivity contribution < 1.29 is 14.3 Å². The van der Waals surface area contributed by atoms with E-state index in [1.54, 1.807) is 4.90 Å². The first-order chi connectivity index (χ1) is 11.4. The van der Waals surface area contributed by atoms with Crippen molar-refractivity contribution in [2.24, 2.45) is 0 Å². The third-order valence-corrected chi connectivity index (χ3v) is 4.73. The van der Waals surface area contributed by atoms with Gasteiger partial charge >= 0.3 is 6.09 Å². The van der Waals surface area contributed by atoms with E-state index in [0.29, 0.717) is 6.61 Å². The van der Waals surface area contributed by atoms with Crippen LogP contribution in [-0.4, -0.2) is 35.0 Å². The monoisotopic (exact) mass is 347 g/mol. The van der Waals surface area contributed by atoms with Crippen molar-refractivity contribution in [3.05, 3.63) is 34.4 Å². The number of aryl methyl sites for hydroxylation is 3. The molecule has 0 aromatic heterocycles. The number of ether oxygens (including phenoxy) is 2. The second kappa shape index (κ2) is 6.99. The second-order valence-corrected chi connectivity index (χ2v) is 8.68. The number of hydrogen-bond acceptors (Lipinski definition) is 3. The first-order valence-electron chi connectivity index (χ1n) is 9.14. The van der Waals surface area contributed by atoms with Gasteiger partial charge in [0, 0.05) is 0 Å². The summed E-state index contributed by atoms with van der Waals surface area (Å²) in [6.07, 6.45) is 1.51. The lowest BCUT2D eigenvalue weighted by Gasteiger charge is -2.35. The zero-order chi connectivity index (χ0) is 19.0. The zero-order valence-corrected chi connectivity index (χ0v) is 17.0. The maximum Gasteiger partial charge on any atom is 0.412 e. The molecule has 1 fully saturated rings. The third-order valence-electron chi connectivity index (χ3n) is 4.73. The Morgan fingerprint density at radius 2 is 1.80 bits per heavy atom. The van der Waals surface area contributed by atoms with E-state index >= 15 is 0 Å². The molecule has 1 atom stereocenters. The summed E-state index contributed by atoms with van der Waals surface area (Å²) in [6, 6.07) is 4.48. The van der Waals surface area contributed by atoms with Gasteiger partial charge in [-0.05, 0) is 84.9 Å². The number of benzene rings is 1. The Balaban J connectivity index is 2.14. The zero-order valence-electron chi connectivity index (χ0n) is 17.0. The highest BCUT2D eigenvalue weighted by Crippen LogP contribution is 2.32. The molecule has 2 rings (SSSR count). The van der Waals surface area contributed by atoms with E-state index in [0.717, 1.165) is 12.8 Å². The SMILES string of the molecule is Cc1cc(C)c(CC[C@@H]2COC(C)(C)N2C(=O)OC(C)(C)C)c(C)c1. The van der Waals surface area contributed by atoms with Crippen LogP contribution in [0.25, 0.3) is 0 Å². The van der Waals surface area contributed by atoms with Crippen LogP contribution in [0.2, 0.25) is 0 Å². The molecule has 1 saturated heterocycles. The second-order valence-electron chi connectivity index (χ2n) is 8.68. The van der Waals surface area contributed by atoms with Gasteiger partial charge in [0.25, 0.3) is 0 Å². The molecule has 140 valence electrons. The molecule has 1 aromatic carbocycles. The first kappa shape index (κ1) is 19.8. The average Bonchev–Trinajstić information content (AvgIpc) is 2.70. The highest BCUT2D eigenvalue weighted by molar-refractivity contribution is 5.69. The quantitative estimate of drug-likeness (QED) is 0.779. The summed E-state index contributed by atoms with van der Waals surface area (Å²) >= 11 is 0. The minimum Gasteiger partial charge on any atom is -0.444 e. The number of hydrogen-bond donors (Lipinski definition) is 0. The fourth-order valence-corrected chi connectivity index (χ4v) is 3.69. The van der Waals surface area contributed by atoms with E-state index in [1.165, 1.54) is 22.3 Å². The smallest absolute Gasteiger partial charge is 0.412 e. The van der Waals surface area contributed by atoms with Gasteiger partial charge in [-0.2, -0.15) is 0 Å². The molecule has 1 heterocycles. The first-order valence-corrected chi connectivity index (χ1v) is 9.14. The van der Waals surface area contributed by atoms with Crippen molar-refractivity contribution in [2.45, 2.75) is 85.6 Å². The summed E-state index contributed by atoms with van der Waals surface area (Å²) in [5.41, 5.74) is 4.16. The van der Waals surface area contributed by atoms with Gasteiger partial charge < -0.3 is 9.47 Å². The highest BCUT2D eigenvalue weighted by Gasteiger charge is 2.45. The largest absolute Gasteiger partial charge is 0.444 e. The molecule has 0 bridgehead atoms. The molecule has 4 nitrogen and oxygen atoms in total. The van der Waals surface area contributed by atoms with Crippen molar-refractivity contribution >= 4 is 6.09 Å². The van der Waals surface area contributed by atoms with Crippen LogP contribution < -0.4 is 0 Å². The Morgan fingerprint density at radius 1 is 1.24 bits per heavy atom. The van der Waals surface area contributed by atoms with E-state index < -0.39 is 11.3 Å². The lowest BCUT2D eigenvalue weighted by molar-refractivity contribution is -0.0626. The standard InChI is InChI=1S/C21H33NO3/c1-14-11-15(2)18(16(3)12-14)10-9-17-13-24-21(7,8)22(17)19(23)25-20(4,5)6/h11-12,17H,9-10,13H2,1-8H3/t17-/m1/s1. The fourth-order valence-electron chi connectivity index (χ4n) is 3.69. The Labute approximate surface area is 152 Å². The van der Waals surface area contributed by atoms with Gasteiger partial charge in [-0.25, -0.2) is 4.79 Å². The molecule has 1 amide bonds. The molecule has 0 spiro atoms. The average molecular weight is 347 g/mol. The number of carbonyl (C=O) groups excluding carboxylic acids is 1. The maximum atomic E-state index is 12.7. The van der Waals surface area contributed by atoms with Crippen molar-refractivity contribution in [3.63, 3.8) is 0 Å². The van der Waals surface area contributed by atoms with Gasteiger partial charge in [0.1, 0.15) is 11.3 Å². The van der Waals surface area contributed by atoms with Gasteiger partial charge in [-0.3, -0.25) is 4.90 Å². The predicted molar refractivity (Wildman–Crippen MR) is 101 cm³/mol. The van der Waals surface area contributed by atoms with Gasteiger partial charge in [0.2, 0.25) is 0 Å². The third kappa shape index (κ3) is 4.75. The lowest BCUT2D eigenvalue weighted by atomic mass is 9.94. The summed E-state index contributed by atoms with van der Waals surface area (Å²) in [4.78, 5) is 14.5. The number of nitrogens with zero attached hydrogens (tertiary/aromatic N) is 1. The van der Waals surface area contributed by atoms with E-state index in [2.05, 4.69) is 32.9 Å². The van der Waals surface area contributed by atoms with Gasteiger partial charge in [-0.1, -0.05) is 17.7 Å². The number of carbonyl (C=O) groups is 1. The summed E-state index contributed by atoms with van der Waals surface area (Å²) in [6.45, 7) is 16.5. The van der Waals surface area contributed by atoms with Crippen LogP contribution in [0.1, 0.15) is 63.3 Å².